The maximum absolute atomic E-state index is 10.7. The predicted octanol–water partition coefficient (Wildman–Crippen LogP) is 3.21. The molecule has 2 aromatic heterocycles. The Kier molecular flexibility index (Phi) is 5.96. The van der Waals surface area contributed by atoms with E-state index in [0.717, 1.165) is 20.0 Å². The van der Waals surface area contributed by atoms with Crippen LogP contribution in [0.4, 0.5) is 0 Å². The molecular formula is C13H15Br3N4O. The van der Waals surface area contributed by atoms with Crippen LogP contribution < -0.4 is 0 Å². The van der Waals surface area contributed by atoms with E-state index in [1.807, 2.05) is 20.2 Å². The lowest BCUT2D eigenvalue weighted by Crippen LogP contribution is -2.21. The Morgan fingerprint density at radius 1 is 1.24 bits per heavy atom. The fourth-order valence-electron chi connectivity index (χ4n) is 1.87. The van der Waals surface area contributed by atoms with Gasteiger partial charge in [0.25, 0.3) is 0 Å². The fraction of sp³-hybridized carbons (Fsp3) is 0.385. The van der Waals surface area contributed by atoms with E-state index in [-0.39, 0.29) is 0 Å². The molecule has 0 aliphatic carbocycles. The highest BCUT2D eigenvalue weighted by Crippen LogP contribution is 2.32. The molecule has 0 spiro atoms. The van der Waals surface area contributed by atoms with Crippen LogP contribution in [0.25, 0.3) is 0 Å². The van der Waals surface area contributed by atoms with Crippen molar-refractivity contribution >= 4 is 47.8 Å². The lowest BCUT2D eigenvalue weighted by atomic mass is 10.1. The largest absolute Gasteiger partial charge is 0.380 e. The van der Waals surface area contributed by atoms with Crippen LogP contribution in [0.1, 0.15) is 17.5 Å². The molecule has 0 saturated heterocycles. The molecule has 0 bridgehead atoms. The van der Waals surface area contributed by atoms with Gasteiger partial charge in [-0.05, 0) is 68.0 Å². The number of aliphatic hydroxyl groups is 1. The minimum atomic E-state index is -0.855. The van der Waals surface area contributed by atoms with E-state index in [4.69, 9.17) is 0 Å². The first-order chi connectivity index (χ1) is 9.90. The van der Waals surface area contributed by atoms with Gasteiger partial charge in [-0.3, -0.25) is 9.67 Å². The number of halogens is 3. The van der Waals surface area contributed by atoms with Gasteiger partial charge in [-0.2, -0.15) is 5.10 Å². The molecule has 0 aromatic carbocycles. The van der Waals surface area contributed by atoms with Gasteiger partial charge in [-0.25, -0.2) is 0 Å². The zero-order chi connectivity index (χ0) is 15.6. The molecule has 0 amide bonds. The molecule has 0 aliphatic rings. The molecule has 1 unspecified atom stereocenters. The number of rotatable bonds is 5. The van der Waals surface area contributed by atoms with Gasteiger partial charge in [-0.1, -0.05) is 0 Å². The number of pyridine rings is 1. The average Bonchev–Trinajstić information content (AvgIpc) is 2.77. The Bertz CT molecular complexity index is 630. The van der Waals surface area contributed by atoms with Gasteiger partial charge >= 0.3 is 0 Å². The van der Waals surface area contributed by atoms with Crippen molar-refractivity contribution < 1.29 is 5.11 Å². The van der Waals surface area contributed by atoms with Crippen LogP contribution >= 0.6 is 47.8 Å². The third-order valence-electron chi connectivity index (χ3n) is 2.95. The third kappa shape index (κ3) is 4.13. The SMILES string of the molecule is CN(C)CCn1ncc(Br)c1C(O)c1ncc(Br)cc1Br. The topological polar surface area (TPSA) is 54.2 Å². The Hall–Kier alpha value is -0.280. The summed E-state index contributed by atoms with van der Waals surface area (Å²) in [6.45, 7) is 1.53. The van der Waals surface area contributed by atoms with Crippen LogP contribution in [0.3, 0.4) is 0 Å². The number of aromatic nitrogens is 3. The van der Waals surface area contributed by atoms with Crippen molar-refractivity contribution in [2.45, 2.75) is 12.6 Å². The van der Waals surface area contributed by atoms with Crippen LogP contribution in [0.15, 0.2) is 31.9 Å². The van der Waals surface area contributed by atoms with Gasteiger partial charge in [0.2, 0.25) is 0 Å². The Balaban J connectivity index is 2.34. The van der Waals surface area contributed by atoms with Crippen LogP contribution in [0.5, 0.6) is 0 Å². The lowest BCUT2D eigenvalue weighted by Gasteiger charge is -2.17. The van der Waals surface area contributed by atoms with Crippen LogP contribution in [-0.2, 0) is 6.54 Å². The number of likely N-dealkylation sites (N-methyl/N-ethyl adjacent to an activating group) is 1. The minimum Gasteiger partial charge on any atom is -0.380 e. The number of aliphatic hydroxyl groups excluding tert-OH is 1. The van der Waals surface area contributed by atoms with Crippen LogP contribution in [0, 0.1) is 0 Å². The minimum absolute atomic E-state index is 0.561. The normalized spacial score (nSPS) is 12.9. The van der Waals surface area contributed by atoms with E-state index in [2.05, 4.69) is 62.8 Å². The zero-order valence-corrected chi connectivity index (χ0v) is 16.4. The van der Waals surface area contributed by atoms with Gasteiger partial charge in [-0.15, -0.1) is 0 Å². The predicted molar refractivity (Wildman–Crippen MR) is 92.2 cm³/mol. The standard InChI is InChI=1S/C13H15Br3N4O/c1-19(2)3-4-20-12(10(16)7-18-20)13(21)11-9(15)5-8(14)6-17-11/h5-7,13,21H,3-4H2,1-2H3. The molecular weight excluding hydrogens is 468 g/mol. The number of hydrogen-bond donors (Lipinski definition) is 1. The molecule has 8 heteroatoms. The fourth-order valence-corrected chi connectivity index (χ4v) is 3.59. The first-order valence-electron chi connectivity index (χ1n) is 6.25. The summed E-state index contributed by atoms with van der Waals surface area (Å²) in [5.41, 5.74) is 1.26. The van der Waals surface area contributed by atoms with Crippen molar-refractivity contribution in [3.8, 4) is 0 Å². The summed E-state index contributed by atoms with van der Waals surface area (Å²) in [6, 6.07) is 1.86. The zero-order valence-electron chi connectivity index (χ0n) is 11.6. The second-order valence-electron chi connectivity index (χ2n) is 4.83. The summed E-state index contributed by atoms with van der Waals surface area (Å²) >= 11 is 10.2. The number of hydrogen-bond acceptors (Lipinski definition) is 4. The maximum atomic E-state index is 10.7. The molecule has 114 valence electrons. The molecule has 5 nitrogen and oxygen atoms in total. The summed E-state index contributed by atoms with van der Waals surface area (Å²) in [4.78, 5) is 6.36. The molecule has 0 radical (unpaired) electrons. The van der Waals surface area contributed by atoms with E-state index in [1.54, 1.807) is 17.1 Å². The van der Waals surface area contributed by atoms with E-state index in [0.29, 0.717) is 17.9 Å². The van der Waals surface area contributed by atoms with Crippen LogP contribution in [-0.4, -0.2) is 45.4 Å². The summed E-state index contributed by atoms with van der Waals surface area (Å²) in [7, 11) is 4.00. The van der Waals surface area contributed by atoms with E-state index < -0.39 is 6.10 Å². The Morgan fingerprint density at radius 2 is 1.95 bits per heavy atom. The van der Waals surface area contributed by atoms with E-state index in [9.17, 15) is 5.11 Å². The summed E-state index contributed by atoms with van der Waals surface area (Å²) < 4.78 is 4.16. The van der Waals surface area contributed by atoms with Crippen molar-refractivity contribution in [2.75, 3.05) is 20.6 Å². The Morgan fingerprint density at radius 3 is 2.57 bits per heavy atom. The van der Waals surface area contributed by atoms with Gasteiger partial charge < -0.3 is 10.0 Å². The second-order valence-corrected chi connectivity index (χ2v) is 7.45. The number of nitrogens with zero attached hydrogens (tertiary/aromatic N) is 4. The Labute approximate surface area is 148 Å². The smallest absolute Gasteiger partial charge is 0.140 e. The highest BCUT2D eigenvalue weighted by molar-refractivity contribution is 9.11. The second kappa shape index (κ2) is 7.32. The quantitative estimate of drug-likeness (QED) is 0.711. The molecule has 2 rings (SSSR count). The monoisotopic (exact) mass is 480 g/mol. The van der Waals surface area contributed by atoms with E-state index in [1.165, 1.54) is 0 Å². The molecule has 1 atom stereocenters. The van der Waals surface area contributed by atoms with Gasteiger partial charge in [0.05, 0.1) is 28.6 Å². The molecule has 2 aromatic rings. The third-order valence-corrected chi connectivity index (χ3v) is 4.63. The van der Waals surface area contributed by atoms with Gasteiger partial charge in [0, 0.05) is 21.7 Å². The van der Waals surface area contributed by atoms with Gasteiger partial charge in [0.1, 0.15) is 6.10 Å². The van der Waals surface area contributed by atoms with Crippen molar-refractivity contribution in [2.24, 2.45) is 0 Å². The van der Waals surface area contributed by atoms with Crippen molar-refractivity contribution in [3.05, 3.63) is 43.3 Å². The highest BCUT2D eigenvalue weighted by Gasteiger charge is 2.23. The summed E-state index contributed by atoms with van der Waals surface area (Å²) in [5, 5.41) is 15.0. The highest BCUT2D eigenvalue weighted by atomic mass is 79.9. The van der Waals surface area contributed by atoms with Crippen molar-refractivity contribution in [1.29, 1.82) is 0 Å². The maximum Gasteiger partial charge on any atom is 0.140 e. The lowest BCUT2D eigenvalue weighted by molar-refractivity contribution is 0.199. The van der Waals surface area contributed by atoms with Crippen molar-refractivity contribution in [1.82, 2.24) is 19.7 Å². The molecule has 2 heterocycles. The first kappa shape index (κ1) is 17.1. The molecule has 21 heavy (non-hydrogen) atoms. The molecule has 0 fully saturated rings. The summed E-state index contributed by atoms with van der Waals surface area (Å²) in [5.74, 6) is 0. The van der Waals surface area contributed by atoms with E-state index >= 15 is 0 Å². The molecule has 1 N–H and O–H groups in total. The average molecular weight is 483 g/mol. The summed E-state index contributed by atoms with van der Waals surface area (Å²) in [6.07, 6.45) is 2.50. The van der Waals surface area contributed by atoms with Crippen LogP contribution in [0.2, 0.25) is 0 Å². The molecule has 0 aliphatic heterocycles. The van der Waals surface area contributed by atoms with Crippen molar-refractivity contribution in [3.63, 3.8) is 0 Å². The van der Waals surface area contributed by atoms with Gasteiger partial charge in [0.15, 0.2) is 0 Å². The molecule has 0 saturated carbocycles. The first-order valence-corrected chi connectivity index (χ1v) is 8.63.